The van der Waals surface area contributed by atoms with Crippen molar-refractivity contribution in [2.24, 2.45) is 5.16 Å². The Balaban J connectivity index is 1.57. The van der Waals surface area contributed by atoms with Crippen molar-refractivity contribution in [1.29, 1.82) is 0 Å². The highest BCUT2D eigenvalue weighted by molar-refractivity contribution is 7.88. The van der Waals surface area contributed by atoms with Crippen LogP contribution in [-0.2, 0) is 25.9 Å². The SMILES string of the molecule is CC(C)(C)[Si](C)(C)OCc1cccc(-c2cnc(N3CCC(=NOCCN(C(=O)O)S(C)(=O)=O)CC3)nc2)c1F. The van der Waals surface area contributed by atoms with Gasteiger partial charge < -0.3 is 19.3 Å². The monoisotopic (exact) mass is 595 g/mol. The summed E-state index contributed by atoms with van der Waals surface area (Å²) in [5, 5.41) is 13.0. The zero-order valence-electron chi connectivity index (χ0n) is 23.8. The summed E-state index contributed by atoms with van der Waals surface area (Å²) in [5.41, 5.74) is 2.27. The lowest BCUT2D eigenvalue weighted by molar-refractivity contribution is 0.121. The van der Waals surface area contributed by atoms with Crippen LogP contribution in [0.25, 0.3) is 11.1 Å². The molecule has 3 rings (SSSR count). The van der Waals surface area contributed by atoms with Crippen molar-refractivity contribution >= 4 is 36.1 Å². The van der Waals surface area contributed by atoms with Crippen LogP contribution in [0.5, 0.6) is 0 Å². The van der Waals surface area contributed by atoms with E-state index in [1.807, 2.05) is 11.0 Å². The van der Waals surface area contributed by atoms with Gasteiger partial charge in [-0.1, -0.05) is 44.1 Å². The van der Waals surface area contributed by atoms with Crippen molar-refractivity contribution in [2.75, 3.05) is 37.4 Å². The summed E-state index contributed by atoms with van der Waals surface area (Å²) in [7, 11) is -5.91. The van der Waals surface area contributed by atoms with Crippen LogP contribution in [-0.4, -0.2) is 80.4 Å². The lowest BCUT2D eigenvalue weighted by Gasteiger charge is -2.36. The second-order valence-corrected chi connectivity index (χ2v) is 17.9. The van der Waals surface area contributed by atoms with Crippen molar-refractivity contribution in [1.82, 2.24) is 14.3 Å². The second kappa shape index (κ2) is 12.6. The number of carbonyl (C=O) groups is 1. The summed E-state index contributed by atoms with van der Waals surface area (Å²) in [6, 6.07) is 5.26. The molecule has 0 aliphatic carbocycles. The Morgan fingerprint density at radius 1 is 1.20 bits per heavy atom. The predicted molar refractivity (Wildman–Crippen MR) is 154 cm³/mol. The standard InChI is InChI=1S/C26H38FN5O6SSi/c1-26(2,3)40(5,6)38-18-19-8-7-9-22(23(19)27)20-16-28-24(29-17-20)31-12-10-21(11-13-31)30-37-15-14-32(25(33)34)39(4,35)36/h7-9,16-17H,10-15,18H2,1-6H3,(H,33,34). The molecule has 1 fully saturated rings. The molecule has 0 bridgehead atoms. The number of aromatic nitrogens is 2. The second-order valence-electron chi connectivity index (χ2n) is 11.2. The lowest BCUT2D eigenvalue weighted by atomic mass is 10.1. The number of halogens is 1. The van der Waals surface area contributed by atoms with E-state index >= 15 is 4.39 Å². The molecule has 2 aromatic rings. The Kier molecular flexibility index (Phi) is 9.90. The average molecular weight is 596 g/mol. The average Bonchev–Trinajstić information content (AvgIpc) is 2.87. The van der Waals surface area contributed by atoms with Crippen molar-refractivity contribution in [3.8, 4) is 11.1 Å². The zero-order chi connectivity index (χ0) is 29.7. The quantitative estimate of drug-likeness (QED) is 0.235. The van der Waals surface area contributed by atoms with Crippen LogP contribution >= 0.6 is 0 Å². The number of hydrogen-bond donors (Lipinski definition) is 1. The molecule has 1 aromatic carbocycles. The van der Waals surface area contributed by atoms with E-state index in [0.29, 0.717) is 52.9 Å². The predicted octanol–water partition coefficient (Wildman–Crippen LogP) is 4.72. The maximum absolute atomic E-state index is 15.4. The molecule has 0 atom stereocenters. The Hall–Kier alpha value is -3.10. The zero-order valence-corrected chi connectivity index (χ0v) is 25.7. The van der Waals surface area contributed by atoms with Crippen LogP contribution < -0.4 is 4.90 Å². The first-order valence-electron chi connectivity index (χ1n) is 13.0. The number of piperidine rings is 1. The van der Waals surface area contributed by atoms with E-state index in [2.05, 4.69) is 49.0 Å². The van der Waals surface area contributed by atoms with Crippen LogP contribution in [0.15, 0.2) is 35.7 Å². The molecule has 220 valence electrons. The van der Waals surface area contributed by atoms with Gasteiger partial charge in [0.15, 0.2) is 8.32 Å². The molecule has 1 aliphatic rings. The first kappa shape index (κ1) is 31.4. The van der Waals surface area contributed by atoms with Gasteiger partial charge >= 0.3 is 6.09 Å². The normalized spacial score (nSPS) is 14.7. The molecule has 0 saturated carbocycles. The number of amides is 1. The van der Waals surface area contributed by atoms with Crippen molar-refractivity contribution in [3.63, 3.8) is 0 Å². The number of nitrogens with zero attached hydrogens (tertiary/aromatic N) is 5. The number of rotatable bonds is 10. The molecule has 1 aliphatic heterocycles. The Bertz CT molecular complexity index is 1320. The van der Waals surface area contributed by atoms with E-state index in [0.717, 1.165) is 12.0 Å². The molecule has 0 radical (unpaired) electrons. The molecule has 0 unspecified atom stereocenters. The third kappa shape index (κ3) is 7.98. The van der Waals surface area contributed by atoms with E-state index in [-0.39, 0.29) is 30.6 Å². The molecule has 11 nitrogen and oxygen atoms in total. The van der Waals surface area contributed by atoms with Crippen LogP contribution in [0.3, 0.4) is 0 Å². The number of oxime groups is 1. The number of carboxylic acid groups (broad SMARTS) is 1. The summed E-state index contributed by atoms with van der Waals surface area (Å²) >= 11 is 0. The van der Waals surface area contributed by atoms with E-state index in [9.17, 15) is 13.2 Å². The van der Waals surface area contributed by atoms with Gasteiger partial charge in [-0.15, -0.1) is 0 Å². The van der Waals surface area contributed by atoms with E-state index in [1.165, 1.54) is 0 Å². The minimum atomic E-state index is -3.89. The minimum absolute atomic E-state index is 0.0305. The smallest absolute Gasteiger partial charge is 0.421 e. The van der Waals surface area contributed by atoms with Gasteiger partial charge in [-0.25, -0.2) is 31.9 Å². The molecule has 1 aromatic heterocycles. The van der Waals surface area contributed by atoms with Gasteiger partial charge in [-0.2, -0.15) is 0 Å². The molecule has 1 saturated heterocycles. The van der Waals surface area contributed by atoms with Gasteiger partial charge in [0.1, 0.15) is 12.4 Å². The van der Waals surface area contributed by atoms with Gasteiger partial charge in [0, 0.05) is 55.0 Å². The van der Waals surface area contributed by atoms with E-state index < -0.39 is 24.4 Å². The maximum Gasteiger partial charge on any atom is 0.421 e. The largest absolute Gasteiger partial charge is 0.464 e. The molecular weight excluding hydrogens is 557 g/mol. The lowest BCUT2D eigenvalue weighted by Crippen LogP contribution is -2.40. The summed E-state index contributed by atoms with van der Waals surface area (Å²) in [4.78, 5) is 27.1. The maximum atomic E-state index is 15.4. The molecule has 1 amide bonds. The summed E-state index contributed by atoms with van der Waals surface area (Å²) in [5.74, 6) is 0.186. The van der Waals surface area contributed by atoms with Crippen molar-refractivity contribution in [2.45, 2.75) is 58.4 Å². The Labute approximate surface area is 236 Å². The fourth-order valence-electron chi connectivity index (χ4n) is 3.73. The first-order valence-corrected chi connectivity index (χ1v) is 17.7. The number of hydrogen-bond acceptors (Lipinski definition) is 9. The van der Waals surface area contributed by atoms with E-state index in [4.69, 9.17) is 14.4 Å². The summed E-state index contributed by atoms with van der Waals surface area (Å²) in [6.07, 6.45) is 3.63. The van der Waals surface area contributed by atoms with Gasteiger partial charge in [-0.05, 0) is 18.1 Å². The van der Waals surface area contributed by atoms with Crippen LogP contribution in [0, 0.1) is 5.82 Å². The Morgan fingerprint density at radius 3 is 2.38 bits per heavy atom. The van der Waals surface area contributed by atoms with Gasteiger partial charge in [0.05, 0.1) is 25.1 Å². The Morgan fingerprint density at radius 2 is 1.82 bits per heavy atom. The first-order chi connectivity index (χ1) is 18.6. The topological polar surface area (TPSA) is 135 Å². The van der Waals surface area contributed by atoms with Crippen LogP contribution in [0.2, 0.25) is 18.1 Å². The van der Waals surface area contributed by atoms with Crippen LogP contribution in [0.1, 0.15) is 39.2 Å². The van der Waals surface area contributed by atoms with Crippen molar-refractivity contribution in [3.05, 3.63) is 42.0 Å². The fraction of sp³-hybridized carbons (Fsp3) is 0.538. The molecular formula is C26H38FN5O6SSi. The van der Waals surface area contributed by atoms with Gasteiger partial charge in [-0.3, -0.25) is 0 Å². The minimum Gasteiger partial charge on any atom is -0.464 e. The third-order valence-electron chi connectivity index (χ3n) is 7.24. The van der Waals surface area contributed by atoms with Crippen molar-refractivity contribution < 1.29 is 32.0 Å². The molecule has 2 heterocycles. The molecule has 14 heteroatoms. The summed E-state index contributed by atoms with van der Waals surface area (Å²) < 4.78 is 44.9. The third-order valence-corrected chi connectivity index (χ3v) is 12.9. The fourth-order valence-corrected chi connectivity index (χ4v) is 5.37. The van der Waals surface area contributed by atoms with Gasteiger partial charge in [0.25, 0.3) is 0 Å². The van der Waals surface area contributed by atoms with Crippen LogP contribution in [0.4, 0.5) is 15.1 Å². The molecule has 1 N–H and O–H groups in total. The van der Waals surface area contributed by atoms with Gasteiger partial charge in [0.2, 0.25) is 16.0 Å². The number of anilines is 1. The summed E-state index contributed by atoms with van der Waals surface area (Å²) in [6.45, 7) is 11.6. The molecule has 40 heavy (non-hydrogen) atoms. The number of benzene rings is 1. The van der Waals surface area contributed by atoms with E-state index in [1.54, 1.807) is 24.5 Å². The number of sulfonamides is 1. The molecule has 0 spiro atoms. The highest BCUT2D eigenvalue weighted by Gasteiger charge is 2.37. The highest BCUT2D eigenvalue weighted by atomic mass is 32.2. The highest BCUT2D eigenvalue weighted by Crippen LogP contribution is 2.37.